The predicted molar refractivity (Wildman–Crippen MR) is 112 cm³/mol. The number of ether oxygens (including phenoxy) is 1. The van der Waals surface area contributed by atoms with Crippen molar-refractivity contribution in [2.24, 2.45) is 16.1 Å². The third-order valence-electron chi connectivity index (χ3n) is 7.17. The first kappa shape index (κ1) is 18.5. The van der Waals surface area contributed by atoms with Gasteiger partial charge in [-0.2, -0.15) is 0 Å². The topological polar surface area (TPSA) is 60.5 Å². The van der Waals surface area contributed by atoms with Crippen molar-refractivity contribution in [3.05, 3.63) is 65.3 Å². The first-order valence-electron chi connectivity index (χ1n) is 10.3. The average molecular weight is 391 g/mol. The van der Waals surface area contributed by atoms with Gasteiger partial charge in [0.25, 0.3) is 0 Å². The van der Waals surface area contributed by atoms with Crippen LogP contribution in [0.3, 0.4) is 0 Å². The highest BCUT2D eigenvalue weighted by Gasteiger charge is 2.59. The average Bonchev–Trinajstić information content (AvgIpc) is 3.16. The van der Waals surface area contributed by atoms with Crippen LogP contribution in [-0.2, 0) is 16.7 Å². The minimum atomic E-state index is -0.720. The van der Waals surface area contributed by atoms with Crippen LogP contribution in [0.4, 0.5) is 4.39 Å². The van der Waals surface area contributed by atoms with Crippen LogP contribution in [0, 0.1) is 12.3 Å². The Morgan fingerprint density at radius 3 is 2.59 bits per heavy atom. The number of fused-ring (bicyclic) bond motifs is 3. The van der Waals surface area contributed by atoms with Crippen LogP contribution in [0.15, 0.2) is 53.6 Å². The molecule has 29 heavy (non-hydrogen) atoms. The molecular formula is C24H26FN3O. The molecule has 2 N–H and O–H groups in total. The summed E-state index contributed by atoms with van der Waals surface area (Å²) in [7, 11) is 1.77. The summed E-state index contributed by atoms with van der Waals surface area (Å²) in [5.41, 5.74) is 10.7. The van der Waals surface area contributed by atoms with Gasteiger partial charge < -0.3 is 10.5 Å². The standard InChI is InChI=1S/C24H26FN3O/c1-15-9-18(14-27-13-15)16-3-4-17-11-23(7-5-19(29-2)6-8-23)24(20(17)10-16)12-21(25)22(26)28-24/h3-4,9-10,12-14,19H,5-8,11H2,1-2H3,(H2,26,28). The van der Waals surface area contributed by atoms with Gasteiger partial charge in [0.05, 0.1) is 6.10 Å². The normalized spacial score (nSPS) is 30.5. The number of aliphatic imine (C=N–C) groups is 1. The zero-order chi connectivity index (χ0) is 20.2. The molecule has 2 spiro atoms. The van der Waals surface area contributed by atoms with Crippen molar-refractivity contribution in [3.8, 4) is 11.1 Å². The minimum Gasteiger partial charge on any atom is -0.382 e. The van der Waals surface area contributed by atoms with Crippen LogP contribution in [-0.4, -0.2) is 24.0 Å². The Balaban J connectivity index is 1.65. The second-order valence-corrected chi connectivity index (χ2v) is 8.77. The van der Waals surface area contributed by atoms with Crippen molar-refractivity contribution in [1.82, 2.24) is 4.98 Å². The molecule has 5 rings (SSSR count). The molecule has 1 fully saturated rings. The van der Waals surface area contributed by atoms with Gasteiger partial charge in [-0.15, -0.1) is 0 Å². The largest absolute Gasteiger partial charge is 0.382 e. The fourth-order valence-corrected chi connectivity index (χ4v) is 5.64. The molecule has 1 unspecified atom stereocenters. The zero-order valence-electron chi connectivity index (χ0n) is 16.9. The summed E-state index contributed by atoms with van der Waals surface area (Å²) < 4.78 is 20.2. The molecule has 1 saturated carbocycles. The lowest BCUT2D eigenvalue weighted by Crippen LogP contribution is -2.43. The van der Waals surface area contributed by atoms with E-state index in [1.807, 2.05) is 19.3 Å². The van der Waals surface area contributed by atoms with Gasteiger partial charge in [0.15, 0.2) is 11.7 Å². The second kappa shape index (κ2) is 6.49. The van der Waals surface area contributed by atoms with E-state index < -0.39 is 11.4 Å². The third-order valence-corrected chi connectivity index (χ3v) is 7.17. The third kappa shape index (κ3) is 2.67. The highest BCUT2D eigenvalue weighted by atomic mass is 19.1. The molecule has 3 aliphatic rings. The molecule has 1 atom stereocenters. The van der Waals surface area contributed by atoms with Crippen LogP contribution in [0.5, 0.6) is 0 Å². The van der Waals surface area contributed by atoms with Gasteiger partial charge >= 0.3 is 0 Å². The van der Waals surface area contributed by atoms with Crippen molar-refractivity contribution >= 4 is 5.84 Å². The zero-order valence-corrected chi connectivity index (χ0v) is 16.9. The molecule has 4 nitrogen and oxygen atoms in total. The maximum Gasteiger partial charge on any atom is 0.163 e. The lowest BCUT2D eigenvalue weighted by Gasteiger charge is -2.45. The van der Waals surface area contributed by atoms with E-state index in [9.17, 15) is 4.39 Å². The van der Waals surface area contributed by atoms with Crippen molar-refractivity contribution in [3.63, 3.8) is 0 Å². The van der Waals surface area contributed by atoms with Crippen LogP contribution in [0.25, 0.3) is 11.1 Å². The van der Waals surface area contributed by atoms with E-state index in [1.165, 1.54) is 5.56 Å². The van der Waals surface area contributed by atoms with E-state index in [4.69, 9.17) is 15.5 Å². The summed E-state index contributed by atoms with van der Waals surface area (Å²) in [6.45, 7) is 2.04. The minimum absolute atomic E-state index is 0.0220. The van der Waals surface area contributed by atoms with E-state index >= 15 is 0 Å². The maximum absolute atomic E-state index is 14.6. The summed E-state index contributed by atoms with van der Waals surface area (Å²) in [6, 6.07) is 8.63. The molecule has 0 bridgehead atoms. The van der Waals surface area contributed by atoms with Crippen LogP contribution in [0.1, 0.15) is 42.4 Å². The highest BCUT2D eigenvalue weighted by Crippen LogP contribution is 2.62. The summed E-state index contributed by atoms with van der Waals surface area (Å²) in [5.74, 6) is -0.373. The molecule has 0 radical (unpaired) electrons. The fourth-order valence-electron chi connectivity index (χ4n) is 5.64. The molecule has 5 heteroatoms. The summed E-state index contributed by atoms with van der Waals surface area (Å²) in [4.78, 5) is 9.13. The van der Waals surface area contributed by atoms with Gasteiger partial charge in [-0.3, -0.25) is 4.98 Å². The number of hydrogen-bond donors (Lipinski definition) is 1. The van der Waals surface area contributed by atoms with Gasteiger partial charge in [0, 0.05) is 30.5 Å². The molecule has 2 aliphatic carbocycles. The Morgan fingerprint density at radius 1 is 1.14 bits per heavy atom. The molecular weight excluding hydrogens is 365 g/mol. The summed E-state index contributed by atoms with van der Waals surface area (Å²) in [6.07, 6.45) is 10.4. The molecule has 0 saturated heterocycles. The van der Waals surface area contributed by atoms with Gasteiger partial charge in [0.2, 0.25) is 0 Å². The molecule has 1 aromatic carbocycles. The molecule has 1 aromatic heterocycles. The van der Waals surface area contributed by atoms with Crippen molar-refractivity contribution < 1.29 is 9.13 Å². The Kier molecular flexibility index (Phi) is 4.14. The van der Waals surface area contributed by atoms with E-state index in [2.05, 4.69) is 29.2 Å². The van der Waals surface area contributed by atoms with E-state index in [1.54, 1.807) is 13.2 Å². The first-order chi connectivity index (χ1) is 14.0. The maximum atomic E-state index is 14.6. The van der Waals surface area contributed by atoms with Gasteiger partial charge in [0.1, 0.15) is 5.54 Å². The second-order valence-electron chi connectivity index (χ2n) is 8.77. The predicted octanol–water partition coefficient (Wildman–Crippen LogP) is 4.61. The SMILES string of the molecule is COC1CCC2(CC1)Cc1ccc(-c3cncc(C)c3)cc1C21C=C(F)C(N)=N1. The molecule has 0 amide bonds. The number of rotatable bonds is 2. The number of hydrogen-bond acceptors (Lipinski definition) is 4. The van der Waals surface area contributed by atoms with E-state index in [0.29, 0.717) is 0 Å². The Bertz CT molecular complexity index is 1020. The first-order valence-corrected chi connectivity index (χ1v) is 10.3. The Labute approximate surface area is 170 Å². The number of benzene rings is 1. The van der Waals surface area contributed by atoms with Crippen LogP contribution >= 0.6 is 0 Å². The highest BCUT2D eigenvalue weighted by molar-refractivity contribution is 5.98. The smallest absolute Gasteiger partial charge is 0.163 e. The van der Waals surface area contributed by atoms with Gasteiger partial charge in [-0.25, -0.2) is 9.38 Å². The number of methoxy groups -OCH3 is 1. The Morgan fingerprint density at radius 2 is 1.93 bits per heavy atom. The quantitative estimate of drug-likeness (QED) is 0.813. The van der Waals surface area contributed by atoms with Crippen LogP contribution in [0.2, 0.25) is 0 Å². The van der Waals surface area contributed by atoms with Crippen LogP contribution < -0.4 is 5.73 Å². The number of halogens is 1. The van der Waals surface area contributed by atoms with Gasteiger partial charge in [-0.05, 0) is 79.5 Å². The molecule has 2 aromatic rings. The van der Waals surface area contributed by atoms with Crippen molar-refractivity contribution in [2.75, 3.05) is 7.11 Å². The number of pyridine rings is 1. The molecule has 1 aliphatic heterocycles. The van der Waals surface area contributed by atoms with E-state index in [-0.39, 0.29) is 17.4 Å². The summed E-state index contributed by atoms with van der Waals surface area (Å²) in [5, 5.41) is 0. The number of nitrogens with two attached hydrogens (primary N) is 1. The molecule has 150 valence electrons. The number of amidine groups is 1. The molecule has 2 heterocycles. The lowest BCUT2D eigenvalue weighted by molar-refractivity contribution is 0.00815. The number of aryl methyl sites for hydroxylation is 1. The summed E-state index contributed by atoms with van der Waals surface area (Å²) >= 11 is 0. The monoisotopic (exact) mass is 391 g/mol. The number of aromatic nitrogens is 1. The fraction of sp³-hybridized carbons (Fsp3) is 0.417. The van der Waals surface area contributed by atoms with Crippen molar-refractivity contribution in [1.29, 1.82) is 0 Å². The van der Waals surface area contributed by atoms with E-state index in [0.717, 1.165) is 54.4 Å². The van der Waals surface area contributed by atoms with Gasteiger partial charge in [-0.1, -0.05) is 12.1 Å². The lowest BCUT2D eigenvalue weighted by atomic mass is 9.62. The number of nitrogens with zero attached hydrogens (tertiary/aromatic N) is 2. The van der Waals surface area contributed by atoms with Crippen molar-refractivity contribution in [2.45, 2.75) is 50.7 Å². The Hall–Kier alpha value is -2.53.